The van der Waals surface area contributed by atoms with Crippen LogP contribution in [0.4, 0.5) is 4.39 Å². The van der Waals surface area contributed by atoms with E-state index in [1.165, 1.54) is 12.1 Å². The van der Waals surface area contributed by atoms with Gasteiger partial charge >= 0.3 is 0 Å². The zero-order chi connectivity index (χ0) is 18.8. The van der Waals surface area contributed by atoms with Crippen LogP contribution in [0.2, 0.25) is 0 Å². The Balaban J connectivity index is 2.32. The third-order valence-corrected chi connectivity index (χ3v) is 5.83. The van der Waals surface area contributed by atoms with E-state index in [1.807, 2.05) is 34.6 Å². The maximum absolute atomic E-state index is 14.1. The van der Waals surface area contributed by atoms with Crippen LogP contribution in [0, 0.1) is 17.2 Å². The van der Waals surface area contributed by atoms with Gasteiger partial charge in [-0.1, -0.05) is 46.8 Å². The highest BCUT2D eigenvalue weighted by Crippen LogP contribution is 2.41. The zero-order valence-electron chi connectivity index (χ0n) is 15.5. The molecule has 2 rings (SSSR count). The second-order valence-electron chi connectivity index (χ2n) is 7.90. The standard InChI is InChI=1S/C19H27FN2O2S/c1-12(2)10-21-16(23)15-11-25-18(19(3,4)5)22(15)17(24)13-8-6-7-9-14(13)20/h6-9,12,15,18H,10-11H2,1-5H3,(H,21,23). The number of carbonyl (C=O) groups is 2. The molecule has 1 aliphatic rings. The first-order chi connectivity index (χ1) is 11.6. The molecule has 0 spiro atoms. The molecule has 1 fully saturated rings. The molecule has 25 heavy (non-hydrogen) atoms. The van der Waals surface area contributed by atoms with Crippen LogP contribution in [0.25, 0.3) is 0 Å². The monoisotopic (exact) mass is 366 g/mol. The van der Waals surface area contributed by atoms with Gasteiger partial charge < -0.3 is 10.2 Å². The lowest BCUT2D eigenvalue weighted by atomic mass is 9.94. The molecule has 0 saturated carbocycles. The molecular formula is C19H27FN2O2S. The van der Waals surface area contributed by atoms with Crippen molar-refractivity contribution in [3.63, 3.8) is 0 Å². The van der Waals surface area contributed by atoms with E-state index in [0.717, 1.165) is 0 Å². The minimum absolute atomic E-state index is 0.0147. The average Bonchev–Trinajstić information content (AvgIpc) is 2.97. The number of hydrogen-bond acceptors (Lipinski definition) is 3. The third kappa shape index (κ3) is 4.54. The Morgan fingerprint density at radius 3 is 2.52 bits per heavy atom. The first kappa shape index (κ1) is 19.8. The summed E-state index contributed by atoms with van der Waals surface area (Å²) < 4.78 is 14.1. The van der Waals surface area contributed by atoms with E-state index in [0.29, 0.717) is 18.2 Å². The molecule has 6 heteroatoms. The maximum atomic E-state index is 14.1. The van der Waals surface area contributed by atoms with Gasteiger partial charge in [-0.2, -0.15) is 0 Å². The van der Waals surface area contributed by atoms with Gasteiger partial charge in [0.25, 0.3) is 5.91 Å². The first-order valence-electron chi connectivity index (χ1n) is 8.59. The Morgan fingerprint density at radius 2 is 1.96 bits per heavy atom. The summed E-state index contributed by atoms with van der Waals surface area (Å²) in [6, 6.07) is 5.36. The Hall–Kier alpha value is -1.56. The first-order valence-corrected chi connectivity index (χ1v) is 9.64. The summed E-state index contributed by atoms with van der Waals surface area (Å²) >= 11 is 1.58. The Kier molecular flexibility index (Phi) is 6.14. The molecule has 1 saturated heterocycles. The fraction of sp³-hybridized carbons (Fsp3) is 0.579. The molecule has 0 aromatic heterocycles. The minimum Gasteiger partial charge on any atom is -0.354 e. The lowest BCUT2D eigenvalue weighted by Gasteiger charge is -2.36. The van der Waals surface area contributed by atoms with Crippen molar-refractivity contribution in [1.82, 2.24) is 10.2 Å². The molecular weight excluding hydrogens is 339 g/mol. The second-order valence-corrected chi connectivity index (χ2v) is 9.01. The van der Waals surface area contributed by atoms with E-state index in [9.17, 15) is 14.0 Å². The molecule has 0 aliphatic carbocycles. The van der Waals surface area contributed by atoms with Gasteiger partial charge in [-0.3, -0.25) is 9.59 Å². The van der Waals surface area contributed by atoms with Gasteiger partial charge in [-0.25, -0.2) is 4.39 Å². The van der Waals surface area contributed by atoms with E-state index in [-0.39, 0.29) is 22.3 Å². The fourth-order valence-corrected chi connectivity index (χ4v) is 4.40. The van der Waals surface area contributed by atoms with Gasteiger partial charge in [0.15, 0.2) is 0 Å². The van der Waals surface area contributed by atoms with Gasteiger partial charge in [-0.15, -0.1) is 11.8 Å². The number of carbonyl (C=O) groups excluding carboxylic acids is 2. The maximum Gasteiger partial charge on any atom is 0.258 e. The molecule has 1 aliphatic heterocycles. The van der Waals surface area contributed by atoms with Crippen LogP contribution in [-0.2, 0) is 4.79 Å². The summed E-state index contributed by atoms with van der Waals surface area (Å²) in [6.45, 7) is 10.7. The summed E-state index contributed by atoms with van der Waals surface area (Å²) in [4.78, 5) is 27.3. The average molecular weight is 367 g/mol. The fourth-order valence-electron chi connectivity index (χ4n) is 2.82. The highest BCUT2D eigenvalue weighted by atomic mass is 32.2. The summed E-state index contributed by atoms with van der Waals surface area (Å²) in [5.41, 5.74) is -0.209. The van der Waals surface area contributed by atoms with Crippen molar-refractivity contribution in [2.45, 2.75) is 46.0 Å². The molecule has 2 amide bonds. The predicted octanol–water partition coefficient (Wildman–Crippen LogP) is 3.53. The Morgan fingerprint density at radius 1 is 1.32 bits per heavy atom. The van der Waals surface area contributed by atoms with Crippen molar-refractivity contribution in [2.24, 2.45) is 11.3 Å². The van der Waals surface area contributed by atoms with Crippen LogP contribution in [-0.4, -0.2) is 40.4 Å². The number of thioether (sulfide) groups is 1. The van der Waals surface area contributed by atoms with Crippen molar-refractivity contribution in [2.75, 3.05) is 12.3 Å². The number of rotatable bonds is 4. The van der Waals surface area contributed by atoms with E-state index in [1.54, 1.807) is 28.8 Å². The van der Waals surface area contributed by atoms with Crippen LogP contribution in [0.5, 0.6) is 0 Å². The molecule has 2 unspecified atom stereocenters. The normalized spacial score (nSPS) is 20.8. The van der Waals surface area contributed by atoms with Gasteiger partial charge in [0.2, 0.25) is 5.91 Å². The van der Waals surface area contributed by atoms with Crippen molar-refractivity contribution in [3.8, 4) is 0 Å². The summed E-state index contributed by atoms with van der Waals surface area (Å²) in [7, 11) is 0. The SMILES string of the molecule is CC(C)CNC(=O)C1CSC(C(C)(C)C)N1C(=O)c1ccccc1F. The van der Waals surface area contributed by atoms with E-state index in [2.05, 4.69) is 5.32 Å². The van der Waals surface area contributed by atoms with Crippen LogP contribution >= 0.6 is 11.8 Å². The predicted molar refractivity (Wildman–Crippen MR) is 99.9 cm³/mol. The van der Waals surface area contributed by atoms with Crippen molar-refractivity contribution < 1.29 is 14.0 Å². The molecule has 1 aromatic rings. The van der Waals surface area contributed by atoms with Crippen LogP contribution in [0.15, 0.2) is 24.3 Å². The number of hydrogen-bond donors (Lipinski definition) is 1. The molecule has 2 atom stereocenters. The molecule has 1 heterocycles. The van der Waals surface area contributed by atoms with E-state index >= 15 is 0 Å². The van der Waals surface area contributed by atoms with E-state index in [4.69, 9.17) is 0 Å². The van der Waals surface area contributed by atoms with Gasteiger partial charge in [0.1, 0.15) is 11.9 Å². The number of benzene rings is 1. The third-order valence-electron chi connectivity index (χ3n) is 4.07. The molecule has 0 bridgehead atoms. The highest BCUT2D eigenvalue weighted by Gasteiger charge is 2.46. The van der Waals surface area contributed by atoms with Crippen LogP contribution in [0.3, 0.4) is 0 Å². The largest absolute Gasteiger partial charge is 0.354 e. The number of nitrogens with zero attached hydrogens (tertiary/aromatic N) is 1. The highest BCUT2D eigenvalue weighted by molar-refractivity contribution is 8.00. The topological polar surface area (TPSA) is 49.4 Å². The molecule has 1 aromatic carbocycles. The Bertz CT molecular complexity index is 643. The van der Waals surface area contributed by atoms with Crippen molar-refractivity contribution >= 4 is 23.6 Å². The molecule has 138 valence electrons. The zero-order valence-corrected chi connectivity index (χ0v) is 16.3. The number of halogens is 1. The second kappa shape index (κ2) is 7.77. The Labute approximate surface area is 153 Å². The van der Waals surface area contributed by atoms with Gasteiger partial charge in [0, 0.05) is 12.3 Å². The number of amides is 2. The lowest BCUT2D eigenvalue weighted by molar-refractivity contribution is -0.125. The molecule has 4 nitrogen and oxygen atoms in total. The summed E-state index contributed by atoms with van der Waals surface area (Å²) in [5.74, 6) is -0.303. The lowest BCUT2D eigenvalue weighted by Crippen LogP contribution is -2.53. The van der Waals surface area contributed by atoms with Gasteiger partial charge in [0.05, 0.1) is 10.9 Å². The van der Waals surface area contributed by atoms with Crippen LogP contribution < -0.4 is 5.32 Å². The van der Waals surface area contributed by atoms with Gasteiger partial charge in [-0.05, 0) is 23.5 Å². The summed E-state index contributed by atoms with van der Waals surface area (Å²) in [6.07, 6.45) is 0. The van der Waals surface area contributed by atoms with Crippen molar-refractivity contribution in [1.29, 1.82) is 0 Å². The quantitative estimate of drug-likeness (QED) is 0.887. The smallest absolute Gasteiger partial charge is 0.258 e. The van der Waals surface area contributed by atoms with Crippen LogP contribution in [0.1, 0.15) is 45.0 Å². The summed E-state index contributed by atoms with van der Waals surface area (Å²) in [5, 5.41) is 2.72. The van der Waals surface area contributed by atoms with E-state index < -0.39 is 17.8 Å². The molecule has 0 radical (unpaired) electrons. The minimum atomic E-state index is -0.583. The molecule has 1 N–H and O–H groups in total. The van der Waals surface area contributed by atoms with Crippen molar-refractivity contribution in [3.05, 3.63) is 35.6 Å². The number of nitrogens with one attached hydrogen (secondary N) is 1.